The number of carbonyl (C=O) groups is 2. The smallest absolute Gasteiger partial charge is 0.308 e. The van der Waals surface area contributed by atoms with Crippen LogP contribution < -0.4 is 0 Å². The summed E-state index contributed by atoms with van der Waals surface area (Å²) >= 11 is 0. The van der Waals surface area contributed by atoms with Crippen LogP contribution in [0.15, 0.2) is 0 Å². The van der Waals surface area contributed by atoms with Crippen LogP contribution in [0.3, 0.4) is 0 Å². The summed E-state index contributed by atoms with van der Waals surface area (Å²) in [4.78, 5) is 28.1. The Morgan fingerprint density at radius 3 is 2.70 bits per heavy atom. The first kappa shape index (κ1) is 15.3. The highest BCUT2D eigenvalue weighted by Crippen LogP contribution is 2.33. The van der Waals surface area contributed by atoms with Gasteiger partial charge in [-0.2, -0.15) is 0 Å². The molecule has 1 amide bonds. The number of rotatable bonds is 3. The summed E-state index contributed by atoms with van der Waals surface area (Å²) in [6.45, 7) is 8.87. The van der Waals surface area contributed by atoms with Crippen LogP contribution in [0.2, 0.25) is 0 Å². The second-order valence-corrected chi connectivity index (χ2v) is 6.28. The lowest BCUT2D eigenvalue weighted by molar-refractivity contribution is -0.158. The van der Waals surface area contributed by atoms with Crippen LogP contribution in [0.4, 0.5) is 0 Å². The number of carboxylic acid groups (broad SMARTS) is 1. The average molecular weight is 282 g/mol. The van der Waals surface area contributed by atoms with Crippen molar-refractivity contribution in [1.29, 1.82) is 0 Å². The number of hydrogen-bond acceptors (Lipinski definition) is 3. The van der Waals surface area contributed by atoms with Crippen molar-refractivity contribution in [3.63, 3.8) is 0 Å². The first-order valence-electron chi connectivity index (χ1n) is 7.72. The molecule has 114 valence electrons. The van der Waals surface area contributed by atoms with Crippen molar-refractivity contribution in [3.8, 4) is 0 Å². The van der Waals surface area contributed by atoms with Crippen LogP contribution in [-0.2, 0) is 9.59 Å². The van der Waals surface area contributed by atoms with Gasteiger partial charge < -0.3 is 14.9 Å². The highest BCUT2D eigenvalue weighted by atomic mass is 16.4. The maximum Gasteiger partial charge on any atom is 0.308 e. The van der Waals surface area contributed by atoms with Gasteiger partial charge in [-0.25, -0.2) is 0 Å². The Bertz CT molecular complexity index is 385. The SMILES string of the molecule is CCN1CCCC(N2C(=O)CC(C)C(C(=O)O)C2C)C1. The van der Waals surface area contributed by atoms with E-state index in [0.29, 0.717) is 6.42 Å². The molecule has 0 aromatic rings. The number of carbonyl (C=O) groups excluding carboxylic acids is 1. The van der Waals surface area contributed by atoms with Crippen molar-refractivity contribution in [3.05, 3.63) is 0 Å². The Hall–Kier alpha value is -1.10. The van der Waals surface area contributed by atoms with E-state index >= 15 is 0 Å². The zero-order valence-corrected chi connectivity index (χ0v) is 12.7. The summed E-state index contributed by atoms with van der Waals surface area (Å²) in [5, 5.41) is 9.43. The van der Waals surface area contributed by atoms with Gasteiger partial charge in [0.2, 0.25) is 5.91 Å². The predicted molar refractivity (Wildman–Crippen MR) is 76.4 cm³/mol. The molecule has 0 saturated carbocycles. The van der Waals surface area contributed by atoms with E-state index in [-0.39, 0.29) is 23.9 Å². The number of likely N-dealkylation sites (tertiary alicyclic amines) is 2. The zero-order chi connectivity index (χ0) is 14.9. The lowest BCUT2D eigenvalue weighted by atomic mass is 9.79. The lowest BCUT2D eigenvalue weighted by Crippen LogP contribution is -2.60. The van der Waals surface area contributed by atoms with Gasteiger partial charge in [0.05, 0.1) is 5.92 Å². The highest BCUT2D eigenvalue weighted by molar-refractivity contribution is 5.82. The van der Waals surface area contributed by atoms with Crippen LogP contribution in [0.1, 0.15) is 40.0 Å². The van der Waals surface area contributed by atoms with E-state index in [4.69, 9.17) is 0 Å². The first-order chi connectivity index (χ1) is 9.45. The van der Waals surface area contributed by atoms with E-state index < -0.39 is 11.9 Å². The number of amides is 1. The topological polar surface area (TPSA) is 60.9 Å². The van der Waals surface area contributed by atoms with Crippen LogP contribution in [0.5, 0.6) is 0 Å². The predicted octanol–water partition coefficient (Wildman–Crippen LogP) is 1.43. The Morgan fingerprint density at radius 1 is 1.40 bits per heavy atom. The second-order valence-electron chi connectivity index (χ2n) is 6.28. The van der Waals surface area contributed by atoms with Gasteiger partial charge in [-0.1, -0.05) is 13.8 Å². The fourth-order valence-corrected chi connectivity index (χ4v) is 3.91. The molecule has 2 aliphatic rings. The summed E-state index contributed by atoms with van der Waals surface area (Å²) < 4.78 is 0. The maximum atomic E-state index is 12.4. The average Bonchev–Trinajstić information content (AvgIpc) is 2.37. The molecule has 0 aromatic carbocycles. The lowest BCUT2D eigenvalue weighted by Gasteiger charge is -2.47. The molecule has 2 aliphatic heterocycles. The minimum atomic E-state index is -0.773. The number of piperidine rings is 2. The molecule has 0 bridgehead atoms. The first-order valence-corrected chi connectivity index (χ1v) is 7.72. The zero-order valence-electron chi connectivity index (χ0n) is 12.7. The van der Waals surface area contributed by atoms with Crippen molar-refractivity contribution in [2.24, 2.45) is 11.8 Å². The summed E-state index contributed by atoms with van der Waals surface area (Å²) in [6, 6.07) is -0.0221. The summed E-state index contributed by atoms with van der Waals surface area (Å²) in [5.74, 6) is -1.15. The van der Waals surface area contributed by atoms with E-state index in [9.17, 15) is 14.7 Å². The number of carboxylic acids is 1. The van der Waals surface area contributed by atoms with E-state index in [1.165, 1.54) is 0 Å². The molecular weight excluding hydrogens is 256 g/mol. The summed E-state index contributed by atoms with van der Waals surface area (Å²) in [6.07, 6.45) is 2.44. The Balaban J connectivity index is 2.16. The Labute approximate surface area is 120 Å². The van der Waals surface area contributed by atoms with Crippen molar-refractivity contribution in [2.45, 2.75) is 52.1 Å². The third-order valence-electron chi connectivity index (χ3n) is 4.96. The van der Waals surface area contributed by atoms with Crippen molar-refractivity contribution < 1.29 is 14.7 Å². The van der Waals surface area contributed by atoms with Crippen LogP contribution in [0, 0.1) is 11.8 Å². The molecule has 4 atom stereocenters. The molecule has 2 fully saturated rings. The number of hydrogen-bond donors (Lipinski definition) is 1. The Kier molecular flexibility index (Phi) is 4.68. The molecule has 20 heavy (non-hydrogen) atoms. The van der Waals surface area contributed by atoms with Gasteiger partial charge in [0.15, 0.2) is 0 Å². The van der Waals surface area contributed by atoms with Gasteiger partial charge in [0, 0.05) is 25.0 Å². The summed E-state index contributed by atoms with van der Waals surface area (Å²) in [5.41, 5.74) is 0. The number of likely N-dealkylation sites (N-methyl/N-ethyl adjacent to an activating group) is 1. The van der Waals surface area contributed by atoms with Gasteiger partial charge in [-0.05, 0) is 38.8 Å². The summed E-state index contributed by atoms with van der Waals surface area (Å²) in [7, 11) is 0. The molecule has 0 aliphatic carbocycles. The third-order valence-corrected chi connectivity index (χ3v) is 4.96. The maximum absolute atomic E-state index is 12.4. The van der Waals surface area contributed by atoms with Crippen molar-refractivity contribution in [1.82, 2.24) is 9.80 Å². The van der Waals surface area contributed by atoms with Crippen LogP contribution in [-0.4, -0.2) is 58.5 Å². The molecule has 2 rings (SSSR count). The Morgan fingerprint density at radius 2 is 2.10 bits per heavy atom. The normalized spacial score (nSPS) is 36.1. The minimum absolute atomic E-state index is 0.0721. The van der Waals surface area contributed by atoms with Gasteiger partial charge >= 0.3 is 5.97 Å². The standard InChI is InChI=1S/C15H26N2O3/c1-4-16-7-5-6-12(9-16)17-11(3)14(15(19)20)10(2)8-13(17)18/h10-12,14H,4-9H2,1-3H3,(H,19,20). The molecule has 2 saturated heterocycles. The molecule has 0 spiro atoms. The molecule has 4 unspecified atom stereocenters. The van der Waals surface area contributed by atoms with E-state index in [1.54, 1.807) is 0 Å². The van der Waals surface area contributed by atoms with Crippen molar-refractivity contribution >= 4 is 11.9 Å². The molecule has 1 N–H and O–H groups in total. The fraction of sp³-hybridized carbons (Fsp3) is 0.867. The number of aliphatic carboxylic acids is 1. The minimum Gasteiger partial charge on any atom is -0.481 e. The molecule has 0 radical (unpaired) electrons. The van der Waals surface area contributed by atoms with Gasteiger partial charge in [0.1, 0.15) is 0 Å². The molecule has 2 heterocycles. The van der Waals surface area contributed by atoms with E-state index in [2.05, 4.69) is 11.8 Å². The van der Waals surface area contributed by atoms with E-state index in [1.807, 2.05) is 18.7 Å². The molecule has 5 nitrogen and oxygen atoms in total. The van der Waals surface area contributed by atoms with Gasteiger partial charge in [0.25, 0.3) is 0 Å². The fourth-order valence-electron chi connectivity index (χ4n) is 3.91. The van der Waals surface area contributed by atoms with Gasteiger partial charge in [-0.15, -0.1) is 0 Å². The molecule has 5 heteroatoms. The van der Waals surface area contributed by atoms with Gasteiger partial charge in [-0.3, -0.25) is 9.59 Å². The quantitative estimate of drug-likeness (QED) is 0.850. The van der Waals surface area contributed by atoms with E-state index in [0.717, 1.165) is 32.5 Å². The highest BCUT2D eigenvalue weighted by Gasteiger charge is 2.44. The van der Waals surface area contributed by atoms with Crippen LogP contribution in [0.25, 0.3) is 0 Å². The van der Waals surface area contributed by atoms with Crippen LogP contribution >= 0.6 is 0 Å². The van der Waals surface area contributed by atoms with Crippen molar-refractivity contribution in [2.75, 3.05) is 19.6 Å². The molecular formula is C15H26N2O3. The third kappa shape index (κ3) is 2.82. The molecule has 0 aromatic heterocycles. The largest absolute Gasteiger partial charge is 0.481 e. The monoisotopic (exact) mass is 282 g/mol. The number of nitrogens with zero attached hydrogens (tertiary/aromatic N) is 2. The second kappa shape index (κ2) is 6.12.